The summed E-state index contributed by atoms with van der Waals surface area (Å²) in [4.78, 5) is 0.844. The number of hydrogen-bond donors (Lipinski definition) is 1. The predicted octanol–water partition coefficient (Wildman–Crippen LogP) is 5.22. The van der Waals surface area contributed by atoms with Gasteiger partial charge in [-0.15, -0.1) is 11.3 Å². The fourth-order valence-corrected chi connectivity index (χ4v) is 3.36. The molecule has 2 rings (SSSR count). The molecule has 1 aromatic heterocycles. The Morgan fingerprint density at radius 1 is 1.19 bits per heavy atom. The van der Waals surface area contributed by atoms with Crippen molar-refractivity contribution in [1.29, 1.82) is 0 Å². The minimum atomic E-state index is -1.45. The first-order valence-electron chi connectivity index (χ1n) is 6.57. The van der Waals surface area contributed by atoms with Crippen molar-refractivity contribution in [2.45, 2.75) is 26.3 Å². The van der Waals surface area contributed by atoms with Gasteiger partial charge >= 0.3 is 0 Å². The molecule has 1 unspecified atom stereocenters. The molecule has 6 heteroatoms. The smallest absolute Gasteiger partial charge is 0.194 e. The van der Waals surface area contributed by atoms with Crippen molar-refractivity contribution < 1.29 is 13.2 Å². The van der Waals surface area contributed by atoms with Crippen LogP contribution in [0.25, 0.3) is 0 Å². The van der Waals surface area contributed by atoms with E-state index in [9.17, 15) is 13.2 Å². The lowest BCUT2D eigenvalue weighted by Crippen LogP contribution is -2.23. The van der Waals surface area contributed by atoms with E-state index in [4.69, 9.17) is 11.6 Å². The fourth-order valence-electron chi connectivity index (χ4n) is 2.04. The molecular formula is C15H15ClF3NS. The molecule has 1 N–H and O–H groups in total. The summed E-state index contributed by atoms with van der Waals surface area (Å²) in [7, 11) is 0. The van der Waals surface area contributed by atoms with E-state index in [2.05, 4.69) is 5.32 Å². The van der Waals surface area contributed by atoms with E-state index in [-0.39, 0.29) is 0 Å². The van der Waals surface area contributed by atoms with Crippen molar-refractivity contribution in [1.82, 2.24) is 5.32 Å². The van der Waals surface area contributed by atoms with E-state index in [0.717, 1.165) is 29.0 Å². The number of hydrogen-bond acceptors (Lipinski definition) is 2. The third kappa shape index (κ3) is 3.59. The van der Waals surface area contributed by atoms with E-state index in [0.29, 0.717) is 16.4 Å². The van der Waals surface area contributed by atoms with Crippen LogP contribution < -0.4 is 5.32 Å². The molecule has 0 aliphatic carbocycles. The van der Waals surface area contributed by atoms with Gasteiger partial charge in [-0.2, -0.15) is 0 Å². The lowest BCUT2D eigenvalue weighted by atomic mass is 10.0. The van der Waals surface area contributed by atoms with Gasteiger partial charge in [0.05, 0.1) is 10.4 Å². The summed E-state index contributed by atoms with van der Waals surface area (Å²) in [6.07, 6.45) is 0.862. The van der Waals surface area contributed by atoms with Crippen LogP contribution >= 0.6 is 22.9 Å². The number of aryl methyl sites for hydroxylation is 1. The number of benzene rings is 1. The van der Waals surface area contributed by atoms with E-state index >= 15 is 0 Å². The number of rotatable bonds is 5. The van der Waals surface area contributed by atoms with Gasteiger partial charge in [-0.1, -0.05) is 18.5 Å². The lowest BCUT2D eigenvalue weighted by Gasteiger charge is -2.18. The Morgan fingerprint density at radius 3 is 2.29 bits per heavy atom. The second-order valence-electron chi connectivity index (χ2n) is 4.79. The van der Waals surface area contributed by atoms with Gasteiger partial charge in [0.1, 0.15) is 0 Å². The lowest BCUT2D eigenvalue weighted by molar-refractivity contribution is 0.442. The van der Waals surface area contributed by atoms with Gasteiger partial charge in [-0.25, -0.2) is 13.2 Å². The van der Waals surface area contributed by atoms with Crippen molar-refractivity contribution >= 4 is 22.9 Å². The Morgan fingerprint density at radius 2 is 1.81 bits per heavy atom. The topological polar surface area (TPSA) is 12.0 Å². The molecule has 0 fully saturated rings. The van der Waals surface area contributed by atoms with Crippen molar-refractivity contribution in [3.63, 3.8) is 0 Å². The molecule has 114 valence electrons. The molecule has 0 amide bonds. The van der Waals surface area contributed by atoms with Crippen molar-refractivity contribution in [2.24, 2.45) is 0 Å². The summed E-state index contributed by atoms with van der Waals surface area (Å²) in [6.45, 7) is 4.52. The Bertz CT molecular complexity index is 599. The quantitative estimate of drug-likeness (QED) is 0.740. The van der Waals surface area contributed by atoms with Crippen LogP contribution in [-0.2, 0) is 0 Å². The van der Waals surface area contributed by atoms with Gasteiger partial charge in [0, 0.05) is 4.88 Å². The van der Waals surface area contributed by atoms with Gasteiger partial charge in [-0.3, -0.25) is 0 Å². The molecule has 0 bridgehead atoms. The summed E-state index contributed by atoms with van der Waals surface area (Å²) >= 11 is 7.41. The SMILES string of the molecule is CCCNC(c1cc(F)c(F)c(F)c1)c1cc(C)c(Cl)s1. The summed E-state index contributed by atoms with van der Waals surface area (Å²) < 4.78 is 40.7. The van der Waals surface area contributed by atoms with Crippen LogP contribution in [0.4, 0.5) is 13.2 Å². The summed E-state index contributed by atoms with van der Waals surface area (Å²) in [5.41, 5.74) is 1.25. The Hall–Kier alpha value is -1.04. The van der Waals surface area contributed by atoms with Gasteiger partial charge in [-0.05, 0) is 49.2 Å². The fraction of sp³-hybridized carbons (Fsp3) is 0.333. The normalized spacial score (nSPS) is 12.7. The molecule has 1 nitrogen and oxygen atoms in total. The Labute approximate surface area is 130 Å². The third-order valence-corrected chi connectivity index (χ3v) is 4.72. The van der Waals surface area contributed by atoms with Crippen molar-refractivity contribution in [3.8, 4) is 0 Å². The van der Waals surface area contributed by atoms with Crippen molar-refractivity contribution in [3.05, 3.63) is 56.0 Å². The average molecular weight is 334 g/mol. The van der Waals surface area contributed by atoms with E-state index in [1.807, 2.05) is 19.9 Å². The van der Waals surface area contributed by atoms with Gasteiger partial charge < -0.3 is 5.32 Å². The molecule has 1 atom stereocenters. The van der Waals surface area contributed by atoms with Crippen LogP contribution in [0.1, 0.15) is 35.4 Å². The van der Waals surface area contributed by atoms with E-state index < -0.39 is 23.5 Å². The summed E-state index contributed by atoms with van der Waals surface area (Å²) in [6, 6.07) is 3.51. The van der Waals surface area contributed by atoms with Crippen LogP contribution in [0, 0.1) is 24.4 Å². The molecular weight excluding hydrogens is 319 g/mol. The monoisotopic (exact) mass is 333 g/mol. The second-order valence-corrected chi connectivity index (χ2v) is 6.48. The van der Waals surface area contributed by atoms with Gasteiger partial charge in [0.2, 0.25) is 0 Å². The van der Waals surface area contributed by atoms with Crippen LogP contribution in [0.2, 0.25) is 4.34 Å². The first kappa shape index (κ1) is 16.3. The number of thiophene rings is 1. The van der Waals surface area contributed by atoms with Crippen molar-refractivity contribution in [2.75, 3.05) is 6.54 Å². The van der Waals surface area contributed by atoms with Crippen LogP contribution in [0.5, 0.6) is 0 Å². The van der Waals surface area contributed by atoms with Gasteiger partial charge in [0.15, 0.2) is 17.5 Å². The summed E-state index contributed by atoms with van der Waals surface area (Å²) in [5.74, 6) is -3.83. The van der Waals surface area contributed by atoms with E-state index in [1.165, 1.54) is 11.3 Å². The zero-order chi connectivity index (χ0) is 15.6. The first-order valence-corrected chi connectivity index (χ1v) is 7.77. The highest BCUT2D eigenvalue weighted by molar-refractivity contribution is 7.16. The number of halogens is 4. The molecule has 0 aliphatic rings. The van der Waals surface area contributed by atoms with Crippen LogP contribution in [-0.4, -0.2) is 6.54 Å². The second kappa shape index (κ2) is 6.81. The molecule has 21 heavy (non-hydrogen) atoms. The molecule has 2 aromatic rings. The highest BCUT2D eigenvalue weighted by Gasteiger charge is 2.20. The molecule has 1 heterocycles. The first-order chi connectivity index (χ1) is 9.93. The molecule has 0 saturated heterocycles. The zero-order valence-corrected chi connectivity index (χ0v) is 13.2. The zero-order valence-electron chi connectivity index (χ0n) is 11.6. The minimum absolute atomic E-state index is 0.345. The largest absolute Gasteiger partial charge is 0.306 e. The number of nitrogens with one attached hydrogen (secondary N) is 1. The Balaban J connectivity index is 2.45. The third-order valence-electron chi connectivity index (χ3n) is 3.10. The maximum Gasteiger partial charge on any atom is 0.194 e. The maximum atomic E-state index is 13.5. The summed E-state index contributed by atoms with van der Waals surface area (Å²) in [5, 5.41) is 3.21. The highest BCUT2D eigenvalue weighted by Crippen LogP contribution is 2.34. The molecule has 0 spiro atoms. The van der Waals surface area contributed by atoms with Gasteiger partial charge in [0.25, 0.3) is 0 Å². The molecule has 0 radical (unpaired) electrons. The predicted molar refractivity (Wildman–Crippen MR) is 80.5 cm³/mol. The molecule has 0 aliphatic heterocycles. The standard InChI is InChI=1S/C15H15ClF3NS/c1-3-4-20-14(12-5-8(2)15(16)21-12)9-6-10(17)13(19)11(18)7-9/h5-7,14,20H,3-4H2,1-2H3. The highest BCUT2D eigenvalue weighted by atomic mass is 35.5. The van der Waals surface area contributed by atoms with Crippen LogP contribution in [0.3, 0.4) is 0 Å². The van der Waals surface area contributed by atoms with E-state index in [1.54, 1.807) is 0 Å². The molecule has 1 aromatic carbocycles. The Kier molecular flexibility index (Phi) is 5.30. The molecule has 0 saturated carbocycles. The average Bonchev–Trinajstić information content (AvgIpc) is 2.76. The maximum absolute atomic E-state index is 13.5. The minimum Gasteiger partial charge on any atom is -0.306 e. The van der Waals surface area contributed by atoms with Crippen LogP contribution in [0.15, 0.2) is 18.2 Å².